The molecule has 2 aliphatic rings. The van der Waals surface area contributed by atoms with Crippen molar-refractivity contribution < 1.29 is 18.3 Å². The molecule has 7 rings (SSSR count). The van der Waals surface area contributed by atoms with E-state index in [9.17, 15) is 9.59 Å². The number of pyridine rings is 1. The molecule has 3 aromatic carbocycles. The van der Waals surface area contributed by atoms with Crippen molar-refractivity contribution in [1.29, 1.82) is 0 Å². The summed E-state index contributed by atoms with van der Waals surface area (Å²) in [6, 6.07) is 12.7. The molecule has 11 heteroatoms. The van der Waals surface area contributed by atoms with Crippen LogP contribution in [-0.4, -0.2) is 98.7 Å². The van der Waals surface area contributed by atoms with Gasteiger partial charge < -0.3 is 39.1 Å². The fourth-order valence-electron chi connectivity index (χ4n) is 6.60. The number of hydrogen-bond acceptors (Lipinski definition) is 8. The van der Waals surface area contributed by atoms with Gasteiger partial charge in [0.1, 0.15) is 27.9 Å². The minimum atomic E-state index is -0.602. The molecule has 0 bridgehead atoms. The molecular weight excluding hydrogens is 599 g/mol. The van der Waals surface area contributed by atoms with Gasteiger partial charge in [-0.05, 0) is 71.7 Å². The van der Waals surface area contributed by atoms with E-state index in [0.717, 1.165) is 74.9 Å². The Labute approximate surface area is 272 Å². The highest BCUT2D eigenvalue weighted by Crippen LogP contribution is 2.47. The Morgan fingerprint density at radius 3 is 2.57 bits per heavy atom. The minimum Gasteiger partial charge on any atom is -0.456 e. The Kier molecular flexibility index (Phi) is 8.61. The van der Waals surface area contributed by atoms with Crippen molar-refractivity contribution in [3.05, 3.63) is 70.3 Å². The van der Waals surface area contributed by atoms with Crippen molar-refractivity contribution in [2.75, 3.05) is 78.8 Å². The number of amides is 1. The van der Waals surface area contributed by atoms with Gasteiger partial charge in [-0.1, -0.05) is 18.2 Å². The molecule has 2 aliphatic heterocycles. The molecule has 0 aliphatic carbocycles. The quantitative estimate of drug-likeness (QED) is 0.186. The van der Waals surface area contributed by atoms with E-state index in [-0.39, 0.29) is 22.4 Å². The lowest BCUT2D eigenvalue weighted by atomic mass is 10.0. The van der Waals surface area contributed by atoms with Gasteiger partial charge in [-0.15, -0.1) is 0 Å². The molecule has 1 amide bonds. The predicted octanol–water partition coefficient (Wildman–Crippen LogP) is 5.26. The number of furan rings is 1. The van der Waals surface area contributed by atoms with E-state index in [2.05, 4.69) is 32.4 Å². The van der Waals surface area contributed by atoms with Gasteiger partial charge >= 0.3 is 0 Å². The summed E-state index contributed by atoms with van der Waals surface area (Å²) in [4.78, 5) is 34.0. The monoisotopic (exact) mass is 640 g/mol. The molecule has 2 aromatic heterocycles. The Morgan fingerprint density at radius 1 is 0.957 bits per heavy atom. The summed E-state index contributed by atoms with van der Waals surface area (Å²) in [6.07, 6.45) is 4.05. The standard InChI is InChI=1S/C36H41FN6O4/c1-40(2)13-7-6-11-39-36(45)26-22-43-28-21-30-24(23-9-4-5-10-29(23)46-30)20-31(28)47-35-32(27(37)19-25(33(35)43)34(26)44)38-12-8-14-42-17-15-41(3)16-18-42/h4-5,9-10,19-22,38H,6-8,11-18H2,1-3H3,(H,39,45). The highest BCUT2D eigenvalue weighted by atomic mass is 19.1. The lowest BCUT2D eigenvalue weighted by Gasteiger charge is -2.32. The summed E-state index contributed by atoms with van der Waals surface area (Å²) in [5.41, 5.74) is 1.98. The number of nitrogens with zero attached hydrogens (tertiary/aromatic N) is 4. The number of fused-ring (bicyclic) bond motifs is 5. The number of piperazine rings is 1. The third kappa shape index (κ3) is 6.06. The normalized spacial score (nSPS) is 15.0. The second kappa shape index (κ2) is 13.0. The van der Waals surface area contributed by atoms with E-state index in [1.807, 2.05) is 50.5 Å². The lowest BCUT2D eigenvalue weighted by molar-refractivity contribution is 0.0951. The van der Waals surface area contributed by atoms with Crippen LogP contribution in [0.2, 0.25) is 0 Å². The number of unbranched alkanes of at least 4 members (excludes halogenated alkanes) is 1. The van der Waals surface area contributed by atoms with E-state index in [1.165, 1.54) is 6.07 Å². The molecule has 246 valence electrons. The van der Waals surface area contributed by atoms with Gasteiger partial charge in [-0.2, -0.15) is 0 Å². The van der Waals surface area contributed by atoms with Crippen molar-refractivity contribution in [1.82, 2.24) is 24.6 Å². The summed E-state index contributed by atoms with van der Waals surface area (Å²) >= 11 is 0. The zero-order valence-corrected chi connectivity index (χ0v) is 27.2. The smallest absolute Gasteiger partial charge is 0.256 e. The summed E-state index contributed by atoms with van der Waals surface area (Å²) in [6.45, 7) is 6.87. The first-order chi connectivity index (χ1) is 22.8. The molecular formula is C36H41FN6O4. The van der Waals surface area contributed by atoms with E-state index >= 15 is 4.39 Å². The maximum absolute atomic E-state index is 16.0. The van der Waals surface area contributed by atoms with Crippen LogP contribution in [0.15, 0.2) is 57.9 Å². The highest BCUT2D eigenvalue weighted by Gasteiger charge is 2.29. The molecule has 5 aromatic rings. The van der Waals surface area contributed by atoms with Crippen LogP contribution in [0.3, 0.4) is 0 Å². The Bertz CT molecular complexity index is 2030. The highest BCUT2D eigenvalue weighted by molar-refractivity contribution is 6.07. The van der Waals surface area contributed by atoms with Crippen molar-refractivity contribution in [3.8, 4) is 17.2 Å². The molecule has 0 spiro atoms. The van der Waals surface area contributed by atoms with Gasteiger partial charge in [0.25, 0.3) is 5.91 Å². The number of carbonyl (C=O) groups is 1. The number of aromatic nitrogens is 1. The van der Waals surface area contributed by atoms with Crippen molar-refractivity contribution in [2.24, 2.45) is 0 Å². The second-order valence-corrected chi connectivity index (χ2v) is 12.9. The first-order valence-electron chi connectivity index (χ1n) is 16.4. The van der Waals surface area contributed by atoms with Crippen molar-refractivity contribution in [3.63, 3.8) is 0 Å². The summed E-state index contributed by atoms with van der Waals surface area (Å²) in [5, 5.41) is 8.03. The molecule has 10 nitrogen and oxygen atoms in total. The van der Waals surface area contributed by atoms with E-state index in [0.29, 0.717) is 35.6 Å². The zero-order chi connectivity index (χ0) is 32.7. The van der Waals surface area contributed by atoms with Crippen LogP contribution in [0.5, 0.6) is 11.5 Å². The number of carbonyl (C=O) groups excluding carboxylic acids is 1. The molecule has 0 atom stereocenters. The van der Waals surface area contributed by atoms with Gasteiger partial charge in [0.15, 0.2) is 17.3 Å². The first kappa shape index (κ1) is 31.2. The number of benzene rings is 3. The van der Waals surface area contributed by atoms with E-state index in [4.69, 9.17) is 9.15 Å². The van der Waals surface area contributed by atoms with Crippen LogP contribution >= 0.6 is 0 Å². The third-order valence-electron chi connectivity index (χ3n) is 9.24. The summed E-state index contributed by atoms with van der Waals surface area (Å²) in [7, 11) is 6.14. The second-order valence-electron chi connectivity index (χ2n) is 12.9. The number of nitrogens with one attached hydrogen (secondary N) is 2. The number of likely N-dealkylation sites (N-methyl/N-ethyl adjacent to an activating group) is 1. The summed E-state index contributed by atoms with van der Waals surface area (Å²) < 4.78 is 30.4. The molecule has 47 heavy (non-hydrogen) atoms. The average Bonchev–Trinajstić information content (AvgIpc) is 3.42. The van der Waals surface area contributed by atoms with Crippen LogP contribution in [0.25, 0.3) is 38.5 Å². The maximum Gasteiger partial charge on any atom is 0.256 e. The average molecular weight is 641 g/mol. The summed E-state index contributed by atoms with van der Waals surface area (Å²) in [5.74, 6) is -0.388. The Hall–Kier alpha value is -4.45. The fourth-order valence-corrected chi connectivity index (χ4v) is 6.60. The Balaban J connectivity index is 1.27. The number of ether oxygens (including phenoxy) is 1. The zero-order valence-electron chi connectivity index (χ0n) is 27.2. The third-order valence-corrected chi connectivity index (χ3v) is 9.24. The van der Waals surface area contributed by atoms with Gasteiger partial charge in [-0.25, -0.2) is 4.39 Å². The SMILES string of the molecule is CN(C)CCCCNC(=O)c1cn2c3c(c(NCCCN4CCN(C)CC4)c(F)cc3c1=O)Oc1cc3c(cc1-2)oc1ccccc13. The molecule has 1 saturated heterocycles. The Morgan fingerprint density at radius 2 is 1.77 bits per heavy atom. The topological polar surface area (TPSA) is 95.2 Å². The number of para-hydroxylation sites is 1. The fraction of sp³-hybridized carbons (Fsp3) is 0.389. The van der Waals surface area contributed by atoms with Crippen LogP contribution in [0.1, 0.15) is 29.6 Å². The molecule has 2 N–H and O–H groups in total. The molecule has 0 radical (unpaired) electrons. The van der Waals surface area contributed by atoms with Crippen molar-refractivity contribution >= 4 is 44.4 Å². The van der Waals surface area contributed by atoms with Gasteiger partial charge in [0, 0.05) is 62.3 Å². The number of halogens is 1. The maximum atomic E-state index is 16.0. The predicted molar refractivity (Wildman–Crippen MR) is 184 cm³/mol. The molecule has 1 fully saturated rings. The van der Waals surface area contributed by atoms with Crippen LogP contribution in [0.4, 0.5) is 10.1 Å². The van der Waals surface area contributed by atoms with E-state index in [1.54, 1.807) is 10.8 Å². The van der Waals surface area contributed by atoms with Crippen molar-refractivity contribution in [2.45, 2.75) is 19.3 Å². The van der Waals surface area contributed by atoms with Crippen LogP contribution in [0, 0.1) is 5.82 Å². The number of hydrogen-bond donors (Lipinski definition) is 2. The van der Waals surface area contributed by atoms with E-state index < -0.39 is 17.2 Å². The molecule has 0 unspecified atom stereocenters. The van der Waals surface area contributed by atoms with Crippen LogP contribution < -0.4 is 20.8 Å². The minimum absolute atomic E-state index is 0.0547. The molecule has 0 saturated carbocycles. The number of anilines is 1. The molecule has 4 heterocycles. The first-order valence-corrected chi connectivity index (χ1v) is 16.4. The van der Waals surface area contributed by atoms with Gasteiger partial charge in [0.05, 0.1) is 11.1 Å². The lowest BCUT2D eigenvalue weighted by Crippen LogP contribution is -2.44. The van der Waals surface area contributed by atoms with Gasteiger partial charge in [-0.3, -0.25) is 9.59 Å². The van der Waals surface area contributed by atoms with Crippen LogP contribution in [-0.2, 0) is 0 Å². The number of rotatable bonds is 11. The van der Waals surface area contributed by atoms with Gasteiger partial charge in [0.2, 0.25) is 5.43 Å². The largest absolute Gasteiger partial charge is 0.456 e.